The minimum absolute atomic E-state index is 0.264. The number of fused-ring (bicyclic) bond motifs is 2. The van der Waals surface area contributed by atoms with E-state index in [4.69, 9.17) is 0 Å². The van der Waals surface area contributed by atoms with Crippen molar-refractivity contribution in [2.75, 3.05) is 23.9 Å². The average Bonchev–Trinajstić information content (AvgIpc) is 2.84. The minimum Gasteiger partial charge on any atom is -0.378 e. The molecule has 0 radical (unpaired) electrons. The van der Waals surface area contributed by atoms with Crippen LogP contribution in [0.2, 0.25) is 0 Å². The SMILES string of the molecule is CN(C)c1ccc2cc3c(cc2c1)C(=O)N(c1ccccc1)C3=O. The summed E-state index contributed by atoms with van der Waals surface area (Å²) in [6.07, 6.45) is 0. The molecule has 1 aliphatic rings. The van der Waals surface area contributed by atoms with Crippen LogP contribution in [-0.4, -0.2) is 25.9 Å². The molecule has 3 aromatic carbocycles. The molecular formula is C20H16N2O2. The highest BCUT2D eigenvalue weighted by Gasteiger charge is 2.36. The number of benzene rings is 3. The molecule has 0 aliphatic carbocycles. The van der Waals surface area contributed by atoms with E-state index in [1.807, 2.05) is 67.5 Å². The molecule has 0 saturated heterocycles. The first kappa shape index (κ1) is 14.5. The van der Waals surface area contributed by atoms with Crippen LogP contribution in [0.4, 0.5) is 11.4 Å². The Morgan fingerprint density at radius 3 is 2.00 bits per heavy atom. The number of hydrogen-bond donors (Lipinski definition) is 0. The van der Waals surface area contributed by atoms with E-state index < -0.39 is 0 Å². The fourth-order valence-corrected chi connectivity index (χ4v) is 3.06. The summed E-state index contributed by atoms with van der Waals surface area (Å²) in [6, 6.07) is 18.7. The van der Waals surface area contributed by atoms with E-state index in [-0.39, 0.29) is 11.8 Å². The van der Waals surface area contributed by atoms with Crippen molar-refractivity contribution < 1.29 is 9.59 Å². The number of rotatable bonds is 2. The van der Waals surface area contributed by atoms with Gasteiger partial charge in [-0.3, -0.25) is 9.59 Å². The van der Waals surface area contributed by atoms with Crippen molar-refractivity contribution >= 4 is 34.0 Å². The van der Waals surface area contributed by atoms with E-state index in [0.717, 1.165) is 16.5 Å². The van der Waals surface area contributed by atoms with Gasteiger partial charge in [-0.25, -0.2) is 4.90 Å². The van der Waals surface area contributed by atoms with Crippen LogP contribution in [0.1, 0.15) is 20.7 Å². The van der Waals surface area contributed by atoms with Gasteiger partial charge in [-0.1, -0.05) is 24.3 Å². The highest BCUT2D eigenvalue weighted by atomic mass is 16.2. The zero-order chi connectivity index (χ0) is 16.8. The summed E-state index contributed by atoms with van der Waals surface area (Å²) in [5.74, 6) is -0.529. The van der Waals surface area contributed by atoms with Crippen LogP contribution in [0, 0.1) is 0 Å². The molecule has 0 saturated carbocycles. The Morgan fingerprint density at radius 2 is 1.38 bits per heavy atom. The first-order valence-corrected chi connectivity index (χ1v) is 7.75. The van der Waals surface area contributed by atoms with E-state index in [1.165, 1.54) is 4.90 Å². The maximum Gasteiger partial charge on any atom is 0.266 e. The summed E-state index contributed by atoms with van der Waals surface area (Å²) in [7, 11) is 3.95. The average molecular weight is 316 g/mol. The van der Waals surface area contributed by atoms with Crippen molar-refractivity contribution in [2.45, 2.75) is 0 Å². The highest BCUT2D eigenvalue weighted by Crippen LogP contribution is 2.32. The molecule has 4 heteroatoms. The van der Waals surface area contributed by atoms with Crippen LogP contribution in [0.3, 0.4) is 0 Å². The van der Waals surface area contributed by atoms with Gasteiger partial charge in [-0.05, 0) is 47.2 Å². The molecular weight excluding hydrogens is 300 g/mol. The summed E-state index contributed by atoms with van der Waals surface area (Å²) in [6.45, 7) is 0. The second-order valence-corrected chi connectivity index (χ2v) is 6.10. The zero-order valence-electron chi connectivity index (χ0n) is 13.5. The summed E-state index contributed by atoms with van der Waals surface area (Å²) >= 11 is 0. The van der Waals surface area contributed by atoms with Crippen molar-refractivity contribution in [1.82, 2.24) is 0 Å². The van der Waals surface area contributed by atoms with Gasteiger partial charge >= 0.3 is 0 Å². The number of anilines is 2. The van der Waals surface area contributed by atoms with E-state index in [9.17, 15) is 9.59 Å². The number of para-hydroxylation sites is 1. The second kappa shape index (κ2) is 5.20. The third-order valence-electron chi connectivity index (χ3n) is 4.36. The van der Waals surface area contributed by atoms with Crippen LogP contribution in [0.25, 0.3) is 10.8 Å². The maximum absolute atomic E-state index is 12.8. The zero-order valence-corrected chi connectivity index (χ0v) is 13.5. The van der Waals surface area contributed by atoms with Gasteiger partial charge in [0.05, 0.1) is 16.8 Å². The van der Waals surface area contributed by atoms with Gasteiger partial charge in [0.2, 0.25) is 0 Å². The van der Waals surface area contributed by atoms with Crippen molar-refractivity contribution in [3.8, 4) is 0 Å². The van der Waals surface area contributed by atoms with Crippen LogP contribution in [0.5, 0.6) is 0 Å². The molecule has 0 N–H and O–H groups in total. The van der Waals surface area contributed by atoms with Crippen molar-refractivity contribution in [3.63, 3.8) is 0 Å². The van der Waals surface area contributed by atoms with E-state index in [0.29, 0.717) is 16.8 Å². The first-order chi connectivity index (χ1) is 11.6. The van der Waals surface area contributed by atoms with Gasteiger partial charge in [0.15, 0.2) is 0 Å². The summed E-state index contributed by atoms with van der Waals surface area (Å²) in [4.78, 5) is 28.7. The number of carbonyl (C=O) groups is 2. The van der Waals surface area contributed by atoms with Crippen molar-refractivity contribution in [3.05, 3.63) is 71.8 Å². The van der Waals surface area contributed by atoms with Gasteiger partial charge in [0.1, 0.15) is 0 Å². The molecule has 0 atom stereocenters. The molecule has 0 unspecified atom stereocenters. The standard InChI is InChI=1S/C20H16N2O2/c1-21(2)16-9-8-13-11-17-18(12-14(13)10-16)20(24)22(19(17)23)15-6-4-3-5-7-15/h3-12H,1-2H3. The molecule has 0 fully saturated rings. The minimum atomic E-state index is -0.265. The highest BCUT2D eigenvalue weighted by molar-refractivity contribution is 6.35. The van der Waals surface area contributed by atoms with Gasteiger partial charge in [0, 0.05) is 19.8 Å². The number of amides is 2. The van der Waals surface area contributed by atoms with E-state index in [2.05, 4.69) is 0 Å². The lowest BCUT2D eigenvalue weighted by Gasteiger charge is -2.13. The van der Waals surface area contributed by atoms with Crippen LogP contribution >= 0.6 is 0 Å². The topological polar surface area (TPSA) is 40.6 Å². The molecule has 3 aromatic rings. The lowest BCUT2D eigenvalue weighted by Crippen LogP contribution is -2.29. The van der Waals surface area contributed by atoms with Crippen molar-refractivity contribution in [2.24, 2.45) is 0 Å². The Labute approximate surface area is 139 Å². The predicted molar refractivity (Wildman–Crippen MR) is 95.9 cm³/mol. The summed E-state index contributed by atoms with van der Waals surface area (Å²) in [5.41, 5.74) is 2.59. The Kier molecular flexibility index (Phi) is 3.13. The summed E-state index contributed by atoms with van der Waals surface area (Å²) in [5, 5.41) is 1.91. The number of carbonyl (C=O) groups excluding carboxylic acids is 2. The lowest BCUT2D eigenvalue weighted by molar-refractivity contribution is 0.0926. The Hall–Kier alpha value is -3.14. The molecule has 1 aliphatic heterocycles. The third kappa shape index (κ3) is 2.07. The van der Waals surface area contributed by atoms with Crippen LogP contribution < -0.4 is 9.80 Å². The van der Waals surface area contributed by atoms with Gasteiger partial charge in [-0.15, -0.1) is 0 Å². The quantitative estimate of drug-likeness (QED) is 0.677. The normalized spacial score (nSPS) is 13.5. The van der Waals surface area contributed by atoms with Crippen LogP contribution in [0.15, 0.2) is 60.7 Å². The summed E-state index contributed by atoms with van der Waals surface area (Å²) < 4.78 is 0. The molecule has 2 amide bonds. The molecule has 0 bridgehead atoms. The Balaban J connectivity index is 1.87. The van der Waals surface area contributed by atoms with Gasteiger partial charge in [0.25, 0.3) is 11.8 Å². The molecule has 0 spiro atoms. The third-order valence-corrected chi connectivity index (χ3v) is 4.36. The fraction of sp³-hybridized carbons (Fsp3) is 0.100. The predicted octanol–water partition coefficient (Wildman–Crippen LogP) is 3.71. The Morgan fingerprint density at radius 1 is 0.750 bits per heavy atom. The molecule has 24 heavy (non-hydrogen) atoms. The number of imide groups is 1. The van der Waals surface area contributed by atoms with Gasteiger partial charge < -0.3 is 4.90 Å². The Bertz CT molecular complexity index is 978. The first-order valence-electron chi connectivity index (χ1n) is 7.75. The molecule has 4 rings (SSSR count). The van der Waals surface area contributed by atoms with Gasteiger partial charge in [-0.2, -0.15) is 0 Å². The maximum atomic E-state index is 12.8. The van der Waals surface area contributed by atoms with E-state index >= 15 is 0 Å². The molecule has 1 heterocycles. The number of nitrogens with zero attached hydrogens (tertiary/aromatic N) is 2. The monoisotopic (exact) mass is 316 g/mol. The second-order valence-electron chi connectivity index (χ2n) is 6.10. The molecule has 118 valence electrons. The van der Waals surface area contributed by atoms with E-state index in [1.54, 1.807) is 12.1 Å². The smallest absolute Gasteiger partial charge is 0.266 e. The molecule has 4 nitrogen and oxygen atoms in total. The van der Waals surface area contributed by atoms with Crippen LogP contribution in [-0.2, 0) is 0 Å². The largest absolute Gasteiger partial charge is 0.378 e. The fourth-order valence-electron chi connectivity index (χ4n) is 3.06. The lowest BCUT2D eigenvalue weighted by atomic mass is 10.0. The molecule has 0 aromatic heterocycles. The van der Waals surface area contributed by atoms with Crippen molar-refractivity contribution in [1.29, 1.82) is 0 Å². The number of hydrogen-bond acceptors (Lipinski definition) is 3.